The third-order valence-electron chi connectivity index (χ3n) is 11.3. The van der Waals surface area contributed by atoms with Crippen LogP contribution in [0.4, 0.5) is 0 Å². The fraction of sp³-hybridized carbons (Fsp3) is 0.889. The van der Waals surface area contributed by atoms with Gasteiger partial charge in [-0.2, -0.15) is 0 Å². The first kappa shape index (κ1) is 28.5. The van der Waals surface area contributed by atoms with Crippen molar-refractivity contribution in [2.75, 3.05) is 0 Å². The van der Waals surface area contributed by atoms with Gasteiger partial charge in [0.25, 0.3) is 0 Å². The molecule has 0 nitrogen and oxygen atoms in total. The van der Waals surface area contributed by atoms with E-state index in [1.165, 1.54) is 141 Å². The summed E-state index contributed by atoms with van der Waals surface area (Å²) in [6.07, 6.45) is 43.2. The predicted octanol–water partition coefficient (Wildman–Crippen LogP) is 11.7. The summed E-state index contributed by atoms with van der Waals surface area (Å²) < 4.78 is 0. The van der Waals surface area contributed by atoms with E-state index in [-0.39, 0.29) is 0 Å². The highest BCUT2D eigenvalue weighted by Crippen LogP contribution is 2.43. The van der Waals surface area contributed by atoms with Crippen molar-refractivity contribution in [2.24, 2.45) is 47.3 Å². The third-order valence-corrected chi connectivity index (χ3v) is 11.3. The van der Waals surface area contributed by atoms with Crippen LogP contribution in [0.15, 0.2) is 24.3 Å². The van der Waals surface area contributed by atoms with Gasteiger partial charge in [0.2, 0.25) is 0 Å². The molecule has 0 amide bonds. The summed E-state index contributed by atoms with van der Waals surface area (Å²) in [5.41, 5.74) is 0. The SMILES string of the molecule is CCCCCC1CCC(C=CC2CCC(C3CCC(C=CC4CCC(CCC)CC4)CC3)CC2)CC1. The molecule has 0 N–H and O–H groups in total. The van der Waals surface area contributed by atoms with Crippen LogP contribution in [0.25, 0.3) is 0 Å². The third kappa shape index (κ3) is 9.34. The van der Waals surface area contributed by atoms with Crippen LogP contribution in [0.3, 0.4) is 0 Å². The van der Waals surface area contributed by atoms with Crippen LogP contribution in [0.2, 0.25) is 0 Å². The number of rotatable bonds is 11. The molecule has 4 aliphatic rings. The van der Waals surface area contributed by atoms with Gasteiger partial charge in [-0.15, -0.1) is 0 Å². The van der Waals surface area contributed by atoms with Gasteiger partial charge >= 0.3 is 0 Å². The summed E-state index contributed by atoms with van der Waals surface area (Å²) in [5, 5.41) is 0. The van der Waals surface area contributed by atoms with Crippen LogP contribution >= 0.6 is 0 Å². The van der Waals surface area contributed by atoms with E-state index in [2.05, 4.69) is 38.2 Å². The maximum absolute atomic E-state index is 2.68. The molecule has 0 heterocycles. The molecule has 0 bridgehead atoms. The van der Waals surface area contributed by atoms with Gasteiger partial charge in [0, 0.05) is 0 Å². The molecule has 0 spiro atoms. The topological polar surface area (TPSA) is 0 Å². The second-order valence-corrected chi connectivity index (χ2v) is 14.0. The fourth-order valence-electron chi connectivity index (χ4n) is 8.68. The van der Waals surface area contributed by atoms with Crippen LogP contribution < -0.4 is 0 Å². The van der Waals surface area contributed by atoms with Gasteiger partial charge in [-0.05, 0) is 150 Å². The molecule has 4 fully saturated rings. The lowest BCUT2D eigenvalue weighted by molar-refractivity contribution is 0.166. The molecule has 0 heteroatoms. The van der Waals surface area contributed by atoms with Crippen molar-refractivity contribution in [2.45, 2.75) is 155 Å². The molecule has 36 heavy (non-hydrogen) atoms. The Hall–Kier alpha value is -0.520. The molecule has 0 atom stereocenters. The minimum atomic E-state index is 0.898. The van der Waals surface area contributed by atoms with Crippen LogP contribution in [0.1, 0.15) is 155 Å². The summed E-state index contributed by atoms with van der Waals surface area (Å²) in [6, 6.07) is 0. The van der Waals surface area contributed by atoms with Gasteiger partial charge in [-0.3, -0.25) is 0 Å². The van der Waals surface area contributed by atoms with Crippen molar-refractivity contribution in [3.63, 3.8) is 0 Å². The Balaban J connectivity index is 1.07. The first-order chi connectivity index (χ1) is 17.7. The minimum Gasteiger partial charge on any atom is -0.0851 e. The number of hydrogen-bond acceptors (Lipinski definition) is 0. The molecular weight excluding hydrogens is 432 g/mol. The average Bonchev–Trinajstić information content (AvgIpc) is 2.93. The van der Waals surface area contributed by atoms with Gasteiger partial charge in [0.05, 0.1) is 0 Å². The summed E-state index contributed by atoms with van der Waals surface area (Å²) in [6.45, 7) is 4.69. The summed E-state index contributed by atoms with van der Waals surface area (Å²) in [7, 11) is 0. The average molecular weight is 495 g/mol. The molecule has 0 aromatic heterocycles. The maximum atomic E-state index is 2.68. The standard InChI is InChI=1S/C36H62/c1-3-5-6-8-30-11-15-32(16-12-30)18-20-34-23-27-36(28-24-34)35-25-21-33(22-26-35)19-17-31-13-9-29(7-4-2)10-14-31/h17-20,29-36H,3-16,21-28H2,1-2H3. The van der Waals surface area contributed by atoms with Crippen molar-refractivity contribution < 1.29 is 0 Å². The highest BCUT2D eigenvalue weighted by Gasteiger charge is 2.30. The van der Waals surface area contributed by atoms with E-state index in [0.717, 1.165) is 47.3 Å². The van der Waals surface area contributed by atoms with Crippen molar-refractivity contribution >= 4 is 0 Å². The van der Waals surface area contributed by atoms with Gasteiger partial charge in [-0.25, -0.2) is 0 Å². The summed E-state index contributed by atoms with van der Waals surface area (Å²) in [5.74, 6) is 7.79. The van der Waals surface area contributed by atoms with Gasteiger partial charge in [0.1, 0.15) is 0 Å². The minimum absolute atomic E-state index is 0.898. The molecule has 4 rings (SSSR count). The van der Waals surface area contributed by atoms with Crippen LogP contribution in [0, 0.1) is 47.3 Å². The molecule has 0 radical (unpaired) electrons. The zero-order chi connectivity index (χ0) is 25.0. The predicted molar refractivity (Wildman–Crippen MR) is 159 cm³/mol. The van der Waals surface area contributed by atoms with E-state index in [1.807, 2.05) is 0 Å². The van der Waals surface area contributed by atoms with Crippen molar-refractivity contribution in [1.29, 1.82) is 0 Å². The zero-order valence-corrected chi connectivity index (χ0v) is 24.5. The van der Waals surface area contributed by atoms with Crippen LogP contribution in [0.5, 0.6) is 0 Å². The summed E-state index contributed by atoms with van der Waals surface area (Å²) in [4.78, 5) is 0. The first-order valence-electron chi connectivity index (χ1n) is 17.1. The molecular formula is C36H62. The zero-order valence-electron chi connectivity index (χ0n) is 24.5. The van der Waals surface area contributed by atoms with E-state index in [4.69, 9.17) is 0 Å². The van der Waals surface area contributed by atoms with Crippen LogP contribution in [-0.4, -0.2) is 0 Å². The normalized spacial score (nSPS) is 38.6. The Labute approximate surface area is 226 Å². The molecule has 0 saturated heterocycles. The van der Waals surface area contributed by atoms with E-state index in [9.17, 15) is 0 Å². The quantitative estimate of drug-likeness (QED) is 0.198. The Morgan fingerprint density at radius 2 is 0.750 bits per heavy atom. The lowest BCUT2D eigenvalue weighted by atomic mass is 9.69. The van der Waals surface area contributed by atoms with Crippen molar-refractivity contribution in [3.05, 3.63) is 24.3 Å². The number of hydrogen-bond donors (Lipinski definition) is 0. The van der Waals surface area contributed by atoms with E-state index >= 15 is 0 Å². The summed E-state index contributed by atoms with van der Waals surface area (Å²) >= 11 is 0. The highest BCUT2D eigenvalue weighted by molar-refractivity contribution is 4.99. The molecule has 4 saturated carbocycles. The molecule has 0 aromatic rings. The lowest BCUT2D eigenvalue weighted by Gasteiger charge is -2.37. The number of allylic oxidation sites excluding steroid dienone is 4. The lowest BCUT2D eigenvalue weighted by Crippen LogP contribution is -2.25. The fourth-order valence-corrected chi connectivity index (χ4v) is 8.68. The second-order valence-electron chi connectivity index (χ2n) is 14.0. The Morgan fingerprint density at radius 1 is 0.389 bits per heavy atom. The van der Waals surface area contributed by atoms with Crippen LogP contribution in [-0.2, 0) is 0 Å². The molecule has 4 aliphatic carbocycles. The Bertz CT molecular complexity index is 610. The molecule has 0 unspecified atom stereocenters. The van der Waals surface area contributed by atoms with E-state index < -0.39 is 0 Å². The first-order valence-corrected chi connectivity index (χ1v) is 17.1. The van der Waals surface area contributed by atoms with E-state index in [1.54, 1.807) is 0 Å². The number of unbranched alkanes of at least 4 members (excludes halogenated alkanes) is 2. The Kier molecular flexibility index (Phi) is 12.5. The largest absolute Gasteiger partial charge is 0.0851 e. The Morgan fingerprint density at radius 3 is 1.11 bits per heavy atom. The molecule has 0 aliphatic heterocycles. The second kappa shape index (κ2) is 15.8. The molecule has 206 valence electrons. The monoisotopic (exact) mass is 494 g/mol. The van der Waals surface area contributed by atoms with Gasteiger partial charge < -0.3 is 0 Å². The van der Waals surface area contributed by atoms with E-state index in [0.29, 0.717) is 0 Å². The van der Waals surface area contributed by atoms with Gasteiger partial charge in [-0.1, -0.05) is 76.7 Å². The van der Waals surface area contributed by atoms with Crippen molar-refractivity contribution in [3.8, 4) is 0 Å². The smallest absolute Gasteiger partial charge is 0.0233 e. The van der Waals surface area contributed by atoms with Gasteiger partial charge in [0.15, 0.2) is 0 Å². The molecule has 0 aromatic carbocycles. The maximum Gasteiger partial charge on any atom is -0.0233 e. The van der Waals surface area contributed by atoms with Crippen molar-refractivity contribution in [1.82, 2.24) is 0 Å². The highest BCUT2D eigenvalue weighted by atomic mass is 14.4.